The van der Waals surface area contributed by atoms with Gasteiger partial charge in [-0.25, -0.2) is 0 Å². The van der Waals surface area contributed by atoms with Gasteiger partial charge in [0.1, 0.15) is 18.6 Å². The highest BCUT2D eigenvalue weighted by molar-refractivity contribution is 7.98. The molecule has 0 aromatic heterocycles. The fourth-order valence-electron chi connectivity index (χ4n) is 2.68. The zero-order valence-electron chi connectivity index (χ0n) is 17.7. The molecule has 8 N–H and O–H groups in total. The van der Waals surface area contributed by atoms with Gasteiger partial charge in [-0.1, -0.05) is 30.3 Å². The van der Waals surface area contributed by atoms with Crippen LogP contribution in [0.2, 0.25) is 0 Å². The molecule has 0 spiro atoms. The molecule has 0 aliphatic rings. The molecule has 0 fully saturated rings. The molecule has 1 aromatic carbocycles. The summed E-state index contributed by atoms with van der Waals surface area (Å²) in [5.41, 5.74) is 11.7. The summed E-state index contributed by atoms with van der Waals surface area (Å²) in [6.45, 7) is -0.633. The van der Waals surface area contributed by atoms with Crippen LogP contribution in [0.3, 0.4) is 0 Å². The van der Waals surface area contributed by atoms with Gasteiger partial charge in [0.25, 0.3) is 0 Å². The van der Waals surface area contributed by atoms with Crippen LogP contribution in [-0.2, 0) is 30.4 Å². The molecule has 4 amide bonds. The molecule has 1 aromatic rings. The fourth-order valence-corrected chi connectivity index (χ4v) is 3.17. The van der Waals surface area contributed by atoms with Gasteiger partial charge in [0.15, 0.2) is 0 Å². The summed E-state index contributed by atoms with van der Waals surface area (Å²) in [5, 5.41) is 15.9. The Kier molecular flexibility index (Phi) is 11.8. The van der Waals surface area contributed by atoms with E-state index in [0.717, 1.165) is 0 Å². The molecular weight excluding hydrogens is 438 g/mol. The third-order valence-corrected chi connectivity index (χ3v) is 4.98. The summed E-state index contributed by atoms with van der Waals surface area (Å²) in [6, 6.07) is 5.36. The van der Waals surface area contributed by atoms with Gasteiger partial charge in [0.05, 0.1) is 12.5 Å². The first-order valence-electron chi connectivity index (χ1n) is 9.81. The van der Waals surface area contributed by atoms with E-state index in [4.69, 9.17) is 16.6 Å². The van der Waals surface area contributed by atoms with Crippen molar-refractivity contribution in [3.63, 3.8) is 0 Å². The number of carbonyl (C=O) groups excluding carboxylic acids is 4. The molecule has 0 aliphatic heterocycles. The van der Waals surface area contributed by atoms with E-state index >= 15 is 0 Å². The lowest BCUT2D eigenvalue weighted by molar-refractivity contribution is -0.138. The predicted octanol–water partition coefficient (Wildman–Crippen LogP) is -1.64. The number of rotatable bonds is 14. The lowest BCUT2D eigenvalue weighted by atomic mass is 10.0. The zero-order valence-corrected chi connectivity index (χ0v) is 18.5. The number of benzene rings is 1. The minimum absolute atomic E-state index is 0.0580. The Morgan fingerprint density at radius 3 is 2.19 bits per heavy atom. The largest absolute Gasteiger partial charge is 0.480 e. The minimum Gasteiger partial charge on any atom is -0.480 e. The van der Waals surface area contributed by atoms with Crippen molar-refractivity contribution < 1.29 is 29.1 Å². The first-order chi connectivity index (χ1) is 15.1. The molecule has 0 saturated carbocycles. The van der Waals surface area contributed by atoms with Crippen molar-refractivity contribution in [3.05, 3.63) is 35.9 Å². The Balaban J connectivity index is 2.96. The van der Waals surface area contributed by atoms with Gasteiger partial charge in [-0.2, -0.15) is 11.8 Å². The lowest BCUT2D eigenvalue weighted by Crippen LogP contribution is -2.57. The lowest BCUT2D eigenvalue weighted by Gasteiger charge is -2.23. The summed E-state index contributed by atoms with van der Waals surface area (Å²) in [5.74, 6) is -3.63. The summed E-state index contributed by atoms with van der Waals surface area (Å²) >= 11 is 1.50. The molecule has 11 nitrogen and oxygen atoms in total. The number of thioether (sulfide) groups is 1. The molecule has 3 unspecified atom stereocenters. The van der Waals surface area contributed by atoms with Crippen LogP contribution in [0.5, 0.6) is 0 Å². The van der Waals surface area contributed by atoms with E-state index in [9.17, 15) is 24.0 Å². The summed E-state index contributed by atoms with van der Waals surface area (Å²) in [6.07, 6.45) is 1.78. The maximum Gasteiger partial charge on any atom is 0.322 e. The number of hydrogen-bond acceptors (Lipinski definition) is 7. The number of nitrogens with one attached hydrogen (secondary N) is 3. The molecule has 1 rings (SSSR count). The quantitative estimate of drug-likeness (QED) is 0.187. The van der Waals surface area contributed by atoms with E-state index < -0.39 is 60.7 Å². The maximum atomic E-state index is 12.8. The second-order valence-electron chi connectivity index (χ2n) is 6.98. The van der Waals surface area contributed by atoms with Crippen molar-refractivity contribution in [3.8, 4) is 0 Å². The standard InChI is InChI=1S/C20H29N5O6S/c1-32-8-7-13(21)18(29)24-15(10-16(22)26)20(31)25-14(19(30)23-11-17(27)28)9-12-5-3-2-4-6-12/h2-6,13-15H,7-11,21H2,1H3,(H2,22,26)(H,23,30)(H,24,29)(H,25,31)(H,27,28). The van der Waals surface area contributed by atoms with Crippen molar-refractivity contribution in [2.75, 3.05) is 18.6 Å². The van der Waals surface area contributed by atoms with Gasteiger partial charge in [-0.3, -0.25) is 24.0 Å². The predicted molar refractivity (Wildman–Crippen MR) is 119 cm³/mol. The summed E-state index contributed by atoms with van der Waals surface area (Å²) in [4.78, 5) is 59.8. The van der Waals surface area contributed by atoms with Crippen molar-refractivity contribution in [1.82, 2.24) is 16.0 Å². The molecule has 3 atom stereocenters. The third-order valence-electron chi connectivity index (χ3n) is 4.34. The number of hydrogen-bond donors (Lipinski definition) is 6. The summed E-state index contributed by atoms with van der Waals surface area (Å²) < 4.78 is 0. The molecule has 0 heterocycles. The third kappa shape index (κ3) is 10.3. The monoisotopic (exact) mass is 467 g/mol. The molecular formula is C20H29N5O6S. The Labute approximate surface area is 190 Å². The van der Waals surface area contributed by atoms with Gasteiger partial charge < -0.3 is 32.5 Å². The van der Waals surface area contributed by atoms with Crippen LogP contribution in [0.25, 0.3) is 0 Å². The number of nitrogens with two attached hydrogens (primary N) is 2. The van der Waals surface area contributed by atoms with Crippen LogP contribution < -0.4 is 27.4 Å². The van der Waals surface area contributed by atoms with Gasteiger partial charge >= 0.3 is 5.97 Å². The number of primary amides is 1. The van der Waals surface area contributed by atoms with E-state index in [0.29, 0.717) is 17.7 Å². The van der Waals surface area contributed by atoms with E-state index in [1.807, 2.05) is 6.26 Å². The highest BCUT2D eigenvalue weighted by Crippen LogP contribution is 2.05. The highest BCUT2D eigenvalue weighted by atomic mass is 32.2. The second-order valence-corrected chi connectivity index (χ2v) is 7.97. The number of carboxylic acid groups (broad SMARTS) is 1. The van der Waals surface area contributed by atoms with Crippen LogP contribution in [0.4, 0.5) is 0 Å². The topological polar surface area (TPSA) is 194 Å². The molecule has 0 saturated heterocycles. The van der Waals surface area contributed by atoms with E-state index in [1.165, 1.54) is 11.8 Å². The second kappa shape index (κ2) is 14.0. The molecule has 176 valence electrons. The number of carbonyl (C=O) groups is 5. The van der Waals surface area contributed by atoms with Crippen LogP contribution >= 0.6 is 11.8 Å². The minimum atomic E-state index is -1.34. The molecule has 0 radical (unpaired) electrons. The first kappa shape index (κ1) is 26.9. The van der Waals surface area contributed by atoms with E-state index in [1.54, 1.807) is 30.3 Å². The fraction of sp³-hybridized carbons (Fsp3) is 0.450. The average molecular weight is 468 g/mol. The van der Waals surface area contributed by atoms with Crippen LogP contribution in [-0.4, -0.2) is 71.4 Å². The number of amides is 4. The number of aliphatic carboxylic acids is 1. The van der Waals surface area contributed by atoms with Gasteiger partial charge in [-0.15, -0.1) is 0 Å². The maximum absolute atomic E-state index is 12.8. The van der Waals surface area contributed by atoms with Gasteiger partial charge in [0, 0.05) is 6.42 Å². The zero-order chi connectivity index (χ0) is 24.1. The Hall–Kier alpha value is -3.12. The van der Waals surface area contributed by atoms with Crippen molar-refractivity contribution in [1.29, 1.82) is 0 Å². The summed E-state index contributed by atoms with van der Waals surface area (Å²) in [7, 11) is 0. The van der Waals surface area contributed by atoms with Crippen molar-refractivity contribution >= 4 is 41.4 Å². The average Bonchev–Trinajstić information content (AvgIpc) is 2.74. The smallest absolute Gasteiger partial charge is 0.322 e. The Bertz CT molecular complexity index is 807. The molecule has 0 aliphatic carbocycles. The van der Waals surface area contributed by atoms with Gasteiger partial charge in [0.2, 0.25) is 23.6 Å². The van der Waals surface area contributed by atoms with Gasteiger partial charge in [-0.05, 0) is 24.0 Å². The first-order valence-corrected chi connectivity index (χ1v) is 11.2. The van der Waals surface area contributed by atoms with E-state index in [2.05, 4.69) is 16.0 Å². The normalized spacial score (nSPS) is 13.3. The van der Waals surface area contributed by atoms with Crippen LogP contribution in [0.15, 0.2) is 30.3 Å². The number of carboxylic acids is 1. The van der Waals surface area contributed by atoms with Crippen molar-refractivity contribution in [2.24, 2.45) is 11.5 Å². The Morgan fingerprint density at radius 1 is 1.00 bits per heavy atom. The highest BCUT2D eigenvalue weighted by Gasteiger charge is 2.29. The van der Waals surface area contributed by atoms with Crippen LogP contribution in [0, 0.1) is 0 Å². The molecule has 0 bridgehead atoms. The molecule has 32 heavy (non-hydrogen) atoms. The Morgan fingerprint density at radius 2 is 1.62 bits per heavy atom. The van der Waals surface area contributed by atoms with E-state index in [-0.39, 0.29) is 6.42 Å². The van der Waals surface area contributed by atoms with Crippen molar-refractivity contribution in [2.45, 2.75) is 37.4 Å². The van der Waals surface area contributed by atoms with Crippen LogP contribution in [0.1, 0.15) is 18.4 Å². The molecule has 12 heteroatoms. The SMILES string of the molecule is CSCCC(N)C(=O)NC(CC(N)=O)C(=O)NC(Cc1ccccc1)C(=O)NCC(=O)O.